The molecule has 2 aromatic carbocycles. The molecule has 1 fully saturated rings. The van der Waals surface area contributed by atoms with Gasteiger partial charge in [0.15, 0.2) is 0 Å². The minimum absolute atomic E-state index is 0.00857. The molecule has 0 spiro atoms. The van der Waals surface area contributed by atoms with Gasteiger partial charge in [-0.05, 0) is 30.7 Å². The van der Waals surface area contributed by atoms with Crippen LogP contribution in [0.4, 0.5) is 13.2 Å². The summed E-state index contributed by atoms with van der Waals surface area (Å²) in [6, 6.07) is 12.2. The van der Waals surface area contributed by atoms with Gasteiger partial charge in [-0.1, -0.05) is 35.9 Å². The maximum atomic E-state index is 12.8. The number of hydrogen-bond acceptors (Lipinski definition) is 2. The Bertz CT molecular complexity index is 855. The fourth-order valence-corrected chi connectivity index (χ4v) is 3.16. The van der Waals surface area contributed by atoms with Crippen molar-refractivity contribution in [3.63, 3.8) is 0 Å². The third-order valence-electron chi connectivity index (χ3n) is 4.83. The monoisotopic (exact) mass is 390 g/mol. The SMILES string of the molecule is Cc1ccc(CC(=O)N2CCN(C(=O)c3cccc(C(F)(F)F)c3)CC2)cc1. The number of carbonyl (C=O) groups excluding carboxylic acids is 2. The van der Waals surface area contributed by atoms with Crippen LogP contribution in [-0.4, -0.2) is 47.8 Å². The molecule has 0 aliphatic carbocycles. The second-order valence-electron chi connectivity index (χ2n) is 6.91. The van der Waals surface area contributed by atoms with Crippen LogP contribution in [-0.2, 0) is 17.4 Å². The Morgan fingerprint density at radius 2 is 1.54 bits per heavy atom. The van der Waals surface area contributed by atoms with E-state index in [0.717, 1.165) is 23.3 Å². The van der Waals surface area contributed by atoms with Gasteiger partial charge in [0.05, 0.1) is 12.0 Å². The van der Waals surface area contributed by atoms with E-state index in [9.17, 15) is 22.8 Å². The van der Waals surface area contributed by atoms with E-state index >= 15 is 0 Å². The molecular weight excluding hydrogens is 369 g/mol. The minimum Gasteiger partial charge on any atom is -0.339 e. The van der Waals surface area contributed by atoms with Crippen LogP contribution in [0, 0.1) is 6.92 Å². The molecule has 1 heterocycles. The third-order valence-corrected chi connectivity index (χ3v) is 4.83. The van der Waals surface area contributed by atoms with Crippen molar-refractivity contribution < 1.29 is 22.8 Å². The molecule has 4 nitrogen and oxygen atoms in total. The fraction of sp³-hybridized carbons (Fsp3) is 0.333. The first-order chi connectivity index (χ1) is 13.2. The Kier molecular flexibility index (Phi) is 5.72. The highest BCUT2D eigenvalue weighted by Crippen LogP contribution is 2.29. The van der Waals surface area contributed by atoms with Crippen molar-refractivity contribution >= 4 is 11.8 Å². The second-order valence-corrected chi connectivity index (χ2v) is 6.91. The highest BCUT2D eigenvalue weighted by atomic mass is 19.4. The molecule has 0 atom stereocenters. The molecule has 148 valence electrons. The van der Waals surface area contributed by atoms with Gasteiger partial charge >= 0.3 is 6.18 Å². The lowest BCUT2D eigenvalue weighted by molar-refractivity contribution is -0.137. The summed E-state index contributed by atoms with van der Waals surface area (Å²) in [5.41, 5.74) is 1.22. The molecule has 1 aliphatic rings. The van der Waals surface area contributed by atoms with Gasteiger partial charge in [0.1, 0.15) is 0 Å². The van der Waals surface area contributed by atoms with E-state index in [1.54, 1.807) is 4.90 Å². The summed E-state index contributed by atoms with van der Waals surface area (Å²) in [6.07, 6.45) is -4.20. The van der Waals surface area contributed by atoms with Gasteiger partial charge < -0.3 is 9.80 Å². The molecule has 3 rings (SSSR count). The molecule has 2 aromatic rings. The first-order valence-corrected chi connectivity index (χ1v) is 9.04. The summed E-state index contributed by atoms with van der Waals surface area (Å²) in [4.78, 5) is 28.2. The van der Waals surface area contributed by atoms with Crippen LogP contribution in [0.2, 0.25) is 0 Å². The van der Waals surface area contributed by atoms with Crippen LogP contribution in [0.5, 0.6) is 0 Å². The molecule has 0 bridgehead atoms. The van der Waals surface area contributed by atoms with Crippen LogP contribution >= 0.6 is 0 Å². The van der Waals surface area contributed by atoms with E-state index in [-0.39, 0.29) is 11.5 Å². The first-order valence-electron chi connectivity index (χ1n) is 9.04. The van der Waals surface area contributed by atoms with Crippen molar-refractivity contribution in [1.29, 1.82) is 0 Å². The van der Waals surface area contributed by atoms with Gasteiger partial charge in [0.25, 0.3) is 5.91 Å². The Morgan fingerprint density at radius 1 is 0.929 bits per heavy atom. The maximum Gasteiger partial charge on any atom is 0.416 e. The standard InChI is InChI=1S/C21H21F3N2O2/c1-15-5-7-16(8-6-15)13-19(27)25-9-11-26(12-10-25)20(28)17-3-2-4-18(14-17)21(22,23)24/h2-8,14H,9-13H2,1H3. The average molecular weight is 390 g/mol. The lowest BCUT2D eigenvalue weighted by Gasteiger charge is -2.35. The summed E-state index contributed by atoms with van der Waals surface area (Å²) in [5, 5.41) is 0. The molecule has 1 aliphatic heterocycles. The third kappa shape index (κ3) is 4.71. The summed E-state index contributed by atoms with van der Waals surface area (Å²) < 4.78 is 38.5. The van der Waals surface area contributed by atoms with Gasteiger partial charge in [-0.2, -0.15) is 13.2 Å². The number of nitrogens with zero attached hydrogens (tertiary/aromatic N) is 2. The van der Waals surface area contributed by atoms with Gasteiger partial charge in [0, 0.05) is 31.7 Å². The minimum atomic E-state index is -4.49. The van der Waals surface area contributed by atoms with Crippen molar-refractivity contribution in [3.05, 3.63) is 70.8 Å². The topological polar surface area (TPSA) is 40.6 Å². The molecule has 0 N–H and O–H groups in total. The number of carbonyl (C=O) groups is 2. The largest absolute Gasteiger partial charge is 0.416 e. The van der Waals surface area contributed by atoms with Crippen molar-refractivity contribution in [3.8, 4) is 0 Å². The number of benzene rings is 2. The second kappa shape index (κ2) is 8.04. The van der Waals surface area contributed by atoms with E-state index in [1.165, 1.54) is 17.0 Å². The Labute approximate surface area is 161 Å². The molecule has 2 amide bonds. The van der Waals surface area contributed by atoms with Gasteiger partial charge in [0.2, 0.25) is 5.91 Å². The van der Waals surface area contributed by atoms with E-state index in [4.69, 9.17) is 0 Å². The summed E-state index contributed by atoms with van der Waals surface area (Å²) in [6.45, 7) is 3.32. The van der Waals surface area contributed by atoms with Crippen molar-refractivity contribution in [2.24, 2.45) is 0 Å². The predicted molar refractivity (Wildman–Crippen MR) is 98.8 cm³/mol. The van der Waals surface area contributed by atoms with Crippen LogP contribution in [0.25, 0.3) is 0 Å². The van der Waals surface area contributed by atoms with Crippen LogP contribution in [0.3, 0.4) is 0 Å². The number of alkyl halides is 3. The summed E-state index contributed by atoms with van der Waals surface area (Å²) >= 11 is 0. The number of halogens is 3. The molecule has 1 saturated heterocycles. The fourth-order valence-electron chi connectivity index (χ4n) is 3.16. The van der Waals surface area contributed by atoms with Crippen molar-refractivity contribution in [1.82, 2.24) is 9.80 Å². The number of rotatable bonds is 3. The smallest absolute Gasteiger partial charge is 0.339 e. The van der Waals surface area contributed by atoms with Crippen LogP contribution in [0.1, 0.15) is 27.0 Å². The molecule has 0 radical (unpaired) electrons. The predicted octanol–water partition coefficient (Wildman–Crippen LogP) is 3.54. The Balaban J connectivity index is 1.58. The Morgan fingerprint density at radius 3 is 2.14 bits per heavy atom. The zero-order valence-corrected chi connectivity index (χ0v) is 15.5. The normalized spacial score (nSPS) is 14.9. The number of hydrogen-bond donors (Lipinski definition) is 0. The summed E-state index contributed by atoms with van der Waals surface area (Å²) in [7, 11) is 0. The lowest BCUT2D eigenvalue weighted by atomic mass is 10.1. The van der Waals surface area contributed by atoms with E-state index < -0.39 is 17.6 Å². The van der Waals surface area contributed by atoms with Gasteiger partial charge in [-0.25, -0.2) is 0 Å². The number of piperazine rings is 1. The zero-order chi connectivity index (χ0) is 20.3. The highest BCUT2D eigenvalue weighted by Gasteiger charge is 2.32. The molecule has 7 heteroatoms. The molecule has 0 aromatic heterocycles. The lowest BCUT2D eigenvalue weighted by Crippen LogP contribution is -2.51. The maximum absolute atomic E-state index is 12.8. The average Bonchev–Trinajstić information content (AvgIpc) is 2.69. The van der Waals surface area contributed by atoms with E-state index in [0.29, 0.717) is 32.6 Å². The first kappa shape index (κ1) is 19.9. The quantitative estimate of drug-likeness (QED) is 0.804. The highest BCUT2D eigenvalue weighted by molar-refractivity contribution is 5.94. The van der Waals surface area contributed by atoms with E-state index in [2.05, 4.69) is 0 Å². The van der Waals surface area contributed by atoms with Crippen LogP contribution in [0.15, 0.2) is 48.5 Å². The number of amides is 2. The van der Waals surface area contributed by atoms with E-state index in [1.807, 2.05) is 31.2 Å². The number of aryl methyl sites for hydroxylation is 1. The van der Waals surface area contributed by atoms with Crippen molar-refractivity contribution in [2.75, 3.05) is 26.2 Å². The molecule has 0 unspecified atom stereocenters. The summed E-state index contributed by atoms with van der Waals surface area (Å²) in [5.74, 6) is -0.466. The zero-order valence-electron chi connectivity index (χ0n) is 15.5. The molecule has 28 heavy (non-hydrogen) atoms. The van der Waals surface area contributed by atoms with Gasteiger partial charge in [-0.15, -0.1) is 0 Å². The van der Waals surface area contributed by atoms with Crippen LogP contribution < -0.4 is 0 Å². The Hall–Kier alpha value is -2.83. The molecular formula is C21H21F3N2O2. The van der Waals surface area contributed by atoms with Gasteiger partial charge in [-0.3, -0.25) is 9.59 Å². The molecule has 0 saturated carbocycles. The van der Waals surface area contributed by atoms with Crippen molar-refractivity contribution in [2.45, 2.75) is 19.5 Å².